The van der Waals surface area contributed by atoms with E-state index in [1.807, 2.05) is 22.6 Å². The summed E-state index contributed by atoms with van der Waals surface area (Å²) in [5.41, 5.74) is -3.30. The molecule has 0 unspecified atom stereocenters. The van der Waals surface area contributed by atoms with Crippen molar-refractivity contribution in [1.29, 1.82) is 0 Å². The number of hydrogen-bond acceptors (Lipinski definition) is 4. The molecule has 0 atom stereocenters. The summed E-state index contributed by atoms with van der Waals surface area (Å²) in [6, 6.07) is 5.16. The van der Waals surface area contributed by atoms with E-state index in [-0.39, 0.29) is 5.69 Å². The molecule has 0 spiro atoms. The van der Waals surface area contributed by atoms with E-state index in [1.54, 1.807) is 5.10 Å². The molecule has 2 aromatic carbocycles. The maximum Gasteiger partial charge on any atom is 0.434 e. The second-order valence-electron chi connectivity index (χ2n) is 6.08. The summed E-state index contributed by atoms with van der Waals surface area (Å²) in [5, 5.41) is 6.96. The molecule has 0 aliphatic rings. The Hall–Kier alpha value is -2.49. The molecule has 3 rings (SSSR count). The lowest BCUT2D eigenvalue weighted by atomic mass is 10.2. The average Bonchev–Trinajstić information content (AvgIpc) is 3.18. The Morgan fingerprint density at radius 3 is 2.39 bits per heavy atom. The Balaban J connectivity index is 2.13. The summed E-state index contributed by atoms with van der Waals surface area (Å²) >= 11 is 1.82. The highest BCUT2D eigenvalue weighted by atomic mass is 127. The van der Waals surface area contributed by atoms with Gasteiger partial charge in [-0.3, -0.25) is 9.40 Å². The Morgan fingerprint density at radius 2 is 1.77 bits per heavy atom. The second kappa shape index (κ2) is 8.22. The molecule has 0 amide bonds. The molecule has 0 aliphatic carbocycles. The molecule has 0 saturated heterocycles. The van der Waals surface area contributed by atoms with Gasteiger partial charge >= 0.3 is 6.18 Å². The van der Waals surface area contributed by atoms with Crippen molar-refractivity contribution in [3.8, 4) is 0 Å². The van der Waals surface area contributed by atoms with Crippen LogP contribution in [0.5, 0.6) is 0 Å². The maximum absolute atomic E-state index is 14.5. The molecular weight excluding hydrogens is 565 g/mol. The monoisotopic (exact) mass is 576 g/mol. The van der Waals surface area contributed by atoms with Crippen molar-refractivity contribution in [1.82, 2.24) is 10.2 Å². The lowest BCUT2D eigenvalue weighted by molar-refractivity contribution is -0.143. The van der Waals surface area contributed by atoms with Gasteiger partial charge in [-0.05, 0) is 52.9 Å². The zero-order chi connectivity index (χ0) is 23.1. The first-order valence-electron chi connectivity index (χ1n) is 8.13. The van der Waals surface area contributed by atoms with Crippen LogP contribution in [-0.2, 0) is 16.2 Å². The van der Waals surface area contributed by atoms with Crippen molar-refractivity contribution in [3.05, 3.63) is 63.2 Å². The van der Waals surface area contributed by atoms with Crippen LogP contribution in [0.2, 0.25) is 0 Å². The smallest absolute Gasteiger partial charge is 0.349 e. The molecule has 6 nitrogen and oxygen atoms in total. The van der Waals surface area contributed by atoms with Crippen molar-refractivity contribution in [3.63, 3.8) is 0 Å². The Labute approximate surface area is 185 Å². The Bertz CT molecular complexity index is 1250. The fourth-order valence-corrected chi connectivity index (χ4v) is 4.36. The molecule has 0 fully saturated rings. The standard InChI is InChI=1S/C17H11F6IN4O2S/c1-28(31(29,30)13-7-25-27-16(13)17(21,22)23)12-5-3-9(18)14(20)15(12)26-11-4-2-8(24)6-10(11)19/h2-7,26H,1H3,(H,25,27). The average molecular weight is 576 g/mol. The van der Waals surface area contributed by atoms with Gasteiger partial charge in [0.15, 0.2) is 17.3 Å². The number of sulfonamides is 1. The van der Waals surface area contributed by atoms with E-state index in [4.69, 9.17) is 0 Å². The molecule has 1 aromatic heterocycles. The van der Waals surface area contributed by atoms with Crippen LogP contribution in [0.4, 0.5) is 43.4 Å². The van der Waals surface area contributed by atoms with Crippen LogP contribution in [0.3, 0.4) is 0 Å². The van der Waals surface area contributed by atoms with Crippen LogP contribution in [0.1, 0.15) is 5.69 Å². The lowest BCUT2D eigenvalue weighted by Crippen LogP contribution is -2.29. The van der Waals surface area contributed by atoms with Gasteiger partial charge in [0.25, 0.3) is 10.0 Å². The van der Waals surface area contributed by atoms with E-state index >= 15 is 0 Å². The van der Waals surface area contributed by atoms with Crippen LogP contribution in [-0.4, -0.2) is 25.7 Å². The normalized spacial score (nSPS) is 12.1. The molecule has 31 heavy (non-hydrogen) atoms. The highest BCUT2D eigenvalue weighted by molar-refractivity contribution is 14.1. The highest BCUT2D eigenvalue weighted by Gasteiger charge is 2.41. The SMILES string of the molecule is CN(c1ccc(F)c(F)c1Nc1ccc(I)cc1F)S(=O)(=O)c1cn[nH]c1C(F)(F)F. The van der Waals surface area contributed by atoms with Crippen molar-refractivity contribution in [2.24, 2.45) is 0 Å². The van der Waals surface area contributed by atoms with Gasteiger partial charge in [-0.1, -0.05) is 0 Å². The third-order valence-corrected chi connectivity index (χ3v) is 6.58. The Morgan fingerprint density at radius 1 is 1.10 bits per heavy atom. The Kier molecular flexibility index (Phi) is 6.14. The largest absolute Gasteiger partial charge is 0.434 e. The van der Waals surface area contributed by atoms with Gasteiger partial charge in [0.05, 0.1) is 17.6 Å². The lowest BCUT2D eigenvalue weighted by Gasteiger charge is -2.23. The summed E-state index contributed by atoms with van der Waals surface area (Å²) < 4.78 is 108. The first-order valence-corrected chi connectivity index (χ1v) is 10.7. The molecule has 0 aliphatic heterocycles. The number of aromatic nitrogens is 2. The number of nitrogens with one attached hydrogen (secondary N) is 2. The summed E-state index contributed by atoms with van der Waals surface area (Å²) in [6.07, 6.45) is -4.63. The maximum atomic E-state index is 14.5. The molecule has 0 bridgehead atoms. The third kappa shape index (κ3) is 4.44. The zero-order valence-electron chi connectivity index (χ0n) is 15.2. The van der Waals surface area contributed by atoms with Crippen LogP contribution in [0.15, 0.2) is 41.4 Å². The topological polar surface area (TPSA) is 78.1 Å². The highest BCUT2D eigenvalue weighted by Crippen LogP contribution is 2.38. The molecule has 14 heteroatoms. The van der Waals surface area contributed by atoms with Gasteiger partial charge in [-0.2, -0.15) is 18.3 Å². The van der Waals surface area contributed by atoms with Crippen molar-refractivity contribution in [2.45, 2.75) is 11.1 Å². The number of H-pyrrole nitrogens is 1. The second-order valence-corrected chi connectivity index (χ2v) is 9.27. The first kappa shape index (κ1) is 23.2. The molecule has 166 valence electrons. The summed E-state index contributed by atoms with van der Waals surface area (Å²) in [7, 11) is -4.09. The van der Waals surface area contributed by atoms with E-state index in [9.17, 15) is 34.8 Å². The number of aromatic amines is 1. The number of alkyl halides is 3. The first-order chi connectivity index (χ1) is 14.3. The molecule has 2 N–H and O–H groups in total. The number of hydrogen-bond donors (Lipinski definition) is 2. The molecular formula is C17H11F6IN4O2S. The number of benzene rings is 2. The van der Waals surface area contributed by atoms with Crippen LogP contribution in [0.25, 0.3) is 0 Å². The quantitative estimate of drug-likeness (QED) is 0.331. The third-order valence-electron chi connectivity index (χ3n) is 4.13. The van der Waals surface area contributed by atoms with E-state index in [2.05, 4.69) is 10.4 Å². The number of rotatable bonds is 5. The summed E-state index contributed by atoms with van der Waals surface area (Å²) in [6.45, 7) is 0. The van der Waals surface area contributed by atoms with Crippen molar-refractivity contribution < 1.29 is 34.8 Å². The minimum atomic E-state index is -5.07. The van der Waals surface area contributed by atoms with E-state index in [0.717, 1.165) is 19.2 Å². The van der Waals surface area contributed by atoms with Gasteiger partial charge in [-0.25, -0.2) is 21.6 Å². The van der Waals surface area contributed by atoms with Crippen molar-refractivity contribution >= 4 is 49.7 Å². The van der Waals surface area contributed by atoms with E-state index in [0.29, 0.717) is 20.1 Å². The van der Waals surface area contributed by atoms with Gasteiger partial charge in [-0.15, -0.1) is 0 Å². The number of nitrogens with zero attached hydrogens (tertiary/aromatic N) is 2. The van der Waals surface area contributed by atoms with Crippen LogP contribution in [0, 0.1) is 21.0 Å². The number of anilines is 3. The van der Waals surface area contributed by atoms with Gasteiger partial charge in [0, 0.05) is 10.6 Å². The van der Waals surface area contributed by atoms with E-state index < -0.39 is 55.6 Å². The fourth-order valence-electron chi connectivity index (χ4n) is 2.60. The van der Waals surface area contributed by atoms with Gasteiger partial charge in [0.1, 0.15) is 16.4 Å². The zero-order valence-corrected chi connectivity index (χ0v) is 18.2. The molecule has 3 aromatic rings. The predicted octanol–water partition coefficient (Wildman–Crippen LogP) is 5.02. The predicted molar refractivity (Wildman–Crippen MR) is 108 cm³/mol. The van der Waals surface area contributed by atoms with Crippen molar-refractivity contribution in [2.75, 3.05) is 16.7 Å². The fraction of sp³-hybridized carbons (Fsp3) is 0.118. The molecule has 0 saturated carbocycles. The molecule has 0 radical (unpaired) electrons. The molecule has 1 heterocycles. The summed E-state index contributed by atoms with van der Waals surface area (Å²) in [5.74, 6) is -3.79. The number of halogens is 7. The minimum absolute atomic E-state index is 0.308. The minimum Gasteiger partial charge on any atom is -0.349 e. The van der Waals surface area contributed by atoms with Crippen LogP contribution < -0.4 is 9.62 Å². The van der Waals surface area contributed by atoms with Gasteiger partial charge < -0.3 is 5.32 Å². The van der Waals surface area contributed by atoms with Crippen LogP contribution >= 0.6 is 22.6 Å². The van der Waals surface area contributed by atoms with Gasteiger partial charge in [0.2, 0.25) is 0 Å². The summed E-state index contributed by atoms with van der Waals surface area (Å²) in [4.78, 5) is -1.22. The van der Waals surface area contributed by atoms with E-state index in [1.165, 1.54) is 12.1 Å².